The Labute approximate surface area is 189 Å². The molecule has 4 aromatic rings. The molecular weight excluding hydrogens is 426 g/mol. The lowest BCUT2D eigenvalue weighted by Crippen LogP contribution is -2.39. The van der Waals surface area contributed by atoms with E-state index in [9.17, 15) is 4.79 Å². The topological polar surface area (TPSA) is 69.7 Å². The summed E-state index contributed by atoms with van der Waals surface area (Å²) in [5.74, 6) is 1.30. The second-order valence-corrected chi connectivity index (χ2v) is 8.52. The fourth-order valence-electron chi connectivity index (χ4n) is 4.24. The maximum Gasteiger partial charge on any atom is 0.438 e. The van der Waals surface area contributed by atoms with Gasteiger partial charge in [-0.2, -0.15) is 4.68 Å². The van der Waals surface area contributed by atoms with Gasteiger partial charge in [-0.25, -0.2) is 4.79 Å². The Kier molecular flexibility index (Phi) is 5.55. The normalized spacial score (nSPS) is 16.0. The lowest BCUT2D eigenvalue weighted by Gasteiger charge is -2.37. The number of thiophene rings is 1. The van der Waals surface area contributed by atoms with Crippen LogP contribution in [0.3, 0.4) is 0 Å². The molecule has 0 amide bonds. The Morgan fingerprint density at radius 2 is 1.88 bits per heavy atom. The summed E-state index contributed by atoms with van der Waals surface area (Å²) < 4.78 is 17.9. The lowest BCUT2D eigenvalue weighted by atomic mass is 9.88. The molecule has 0 spiro atoms. The molecule has 1 aliphatic heterocycles. The molecule has 5 rings (SSSR count). The van der Waals surface area contributed by atoms with Crippen LogP contribution >= 0.6 is 11.3 Å². The minimum absolute atomic E-state index is 0.0615. The van der Waals surface area contributed by atoms with Crippen LogP contribution in [0, 0.1) is 0 Å². The van der Waals surface area contributed by atoms with Gasteiger partial charge in [-0.1, -0.05) is 36.4 Å². The zero-order chi connectivity index (χ0) is 22.1. The summed E-state index contributed by atoms with van der Waals surface area (Å²) in [4.78, 5) is 15.6. The van der Waals surface area contributed by atoms with Crippen LogP contribution in [-0.4, -0.2) is 35.4 Å². The molecular formula is C24H23N3O4S. The summed E-state index contributed by atoms with van der Waals surface area (Å²) in [6, 6.07) is 18.1. The Morgan fingerprint density at radius 3 is 2.59 bits per heavy atom. The van der Waals surface area contributed by atoms with Gasteiger partial charge in [-0.05, 0) is 46.7 Å². The molecule has 32 heavy (non-hydrogen) atoms. The molecule has 0 saturated heterocycles. The van der Waals surface area contributed by atoms with Gasteiger partial charge in [0.05, 0.1) is 25.1 Å². The molecule has 0 unspecified atom stereocenters. The van der Waals surface area contributed by atoms with Crippen LogP contribution in [0.5, 0.6) is 11.5 Å². The first-order valence-corrected chi connectivity index (χ1v) is 11.2. The van der Waals surface area contributed by atoms with Crippen molar-refractivity contribution >= 4 is 11.3 Å². The maximum absolute atomic E-state index is 12.6. The highest BCUT2D eigenvalue weighted by atomic mass is 32.1. The predicted octanol–water partition coefficient (Wildman–Crippen LogP) is 4.19. The van der Waals surface area contributed by atoms with Gasteiger partial charge >= 0.3 is 5.76 Å². The van der Waals surface area contributed by atoms with E-state index in [4.69, 9.17) is 13.9 Å². The number of benzene rings is 2. The molecule has 2 aromatic heterocycles. The summed E-state index contributed by atoms with van der Waals surface area (Å²) in [5.41, 5.74) is 3.48. The molecule has 2 aromatic carbocycles. The number of nitrogens with zero attached hydrogens (tertiary/aromatic N) is 3. The van der Waals surface area contributed by atoms with Crippen molar-refractivity contribution in [2.45, 2.75) is 19.1 Å². The molecule has 3 heterocycles. The first-order chi connectivity index (χ1) is 15.7. The molecule has 7 nitrogen and oxygen atoms in total. The second-order valence-electron chi connectivity index (χ2n) is 7.57. The van der Waals surface area contributed by atoms with E-state index in [2.05, 4.69) is 28.2 Å². The van der Waals surface area contributed by atoms with Gasteiger partial charge in [0.15, 0.2) is 11.5 Å². The Hall–Kier alpha value is -3.36. The Bertz CT molecular complexity index is 1260. The zero-order valence-electron chi connectivity index (χ0n) is 17.9. The molecule has 8 heteroatoms. The Balaban J connectivity index is 1.55. The van der Waals surface area contributed by atoms with Gasteiger partial charge in [-0.3, -0.25) is 4.90 Å². The van der Waals surface area contributed by atoms with Gasteiger partial charge in [0.2, 0.25) is 0 Å². The smallest absolute Gasteiger partial charge is 0.438 e. The van der Waals surface area contributed by atoms with E-state index in [0.717, 1.165) is 34.7 Å². The third kappa shape index (κ3) is 3.72. The van der Waals surface area contributed by atoms with Crippen LogP contribution in [0.2, 0.25) is 0 Å². The molecule has 1 atom stereocenters. The van der Waals surface area contributed by atoms with Crippen molar-refractivity contribution in [3.8, 4) is 22.3 Å². The number of ether oxygens (including phenoxy) is 2. The highest BCUT2D eigenvalue weighted by molar-refractivity contribution is 7.13. The Morgan fingerprint density at radius 1 is 1.09 bits per heavy atom. The molecule has 164 valence electrons. The van der Waals surface area contributed by atoms with E-state index in [1.165, 1.54) is 21.6 Å². The van der Waals surface area contributed by atoms with Crippen molar-refractivity contribution in [2.24, 2.45) is 0 Å². The summed E-state index contributed by atoms with van der Waals surface area (Å²) >= 11 is 1.49. The molecule has 0 radical (unpaired) electrons. The van der Waals surface area contributed by atoms with Crippen LogP contribution in [0.15, 0.2) is 69.2 Å². The zero-order valence-corrected chi connectivity index (χ0v) is 18.7. The third-order valence-electron chi connectivity index (χ3n) is 5.74. The average molecular weight is 450 g/mol. The van der Waals surface area contributed by atoms with E-state index < -0.39 is 5.76 Å². The van der Waals surface area contributed by atoms with Crippen molar-refractivity contribution in [1.82, 2.24) is 14.7 Å². The lowest BCUT2D eigenvalue weighted by molar-refractivity contribution is 0.151. The van der Waals surface area contributed by atoms with Gasteiger partial charge < -0.3 is 13.9 Å². The van der Waals surface area contributed by atoms with Crippen LogP contribution in [0.4, 0.5) is 0 Å². The molecule has 0 aliphatic carbocycles. The van der Waals surface area contributed by atoms with Crippen molar-refractivity contribution in [3.63, 3.8) is 0 Å². The number of aromatic nitrogens is 2. The standard InChI is InChI=1S/C24H23N3O4S/c1-29-19-13-17-10-11-26(15-27-24(28)31-23(25-27)21-9-6-12-32-21)22(16-7-4-3-5-8-16)18(17)14-20(19)30-2/h3-9,12-14,22H,10-11,15H2,1-2H3/t22-/m1/s1. The van der Waals surface area contributed by atoms with Gasteiger partial charge in [0.25, 0.3) is 5.89 Å². The fourth-order valence-corrected chi connectivity index (χ4v) is 4.89. The van der Waals surface area contributed by atoms with E-state index in [0.29, 0.717) is 18.3 Å². The molecule has 0 fully saturated rings. The second kappa shape index (κ2) is 8.64. The van der Waals surface area contributed by atoms with Crippen molar-refractivity contribution in [3.05, 3.63) is 87.2 Å². The number of fused-ring (bicyclic) bond motifs is 1. The number of hydrogen-bond donors (Lipinski definition) is 0. The summed E-state index contributed by atoms with van der Waals surface area (Å²) in [7, 11) is 3.29. The quantitative estimate of drug-likeness (QED) is 0.440. The van der Waals surface area contributed by atoms with Gasteiger partial charge in [0.1, 0.15) is 6.67 Å². The van der Waals surface area contributed by atoms with E-state index in [1.54, 1.807) is 14.2 Å². The minimum Gasteiger partial charge on any atom is -0.493 e. The predicted molar refractivity (Wildman–Crippen MR) is 122 cm³/mol. The fraction of sp³-hybridized carbons (Fsp3) is 0.250. The summed E-state index contributed by atoms with van der Waals surface area (Å²) in [6.07, 6.45) is 0.823. The highest BCUT2D eigenvalue weighted by Gasteiger charge is 2.31. The van der Waals surface area contributed by atoms with E-state index in [1.807, 2.05) is 41.8 Å². The van der Waals surface area contributed by atoms with Crippen molar-refractivity contribution in [1.29, 1.82) is 0 Å². The maximum atomic E-state index is 12.6. The first-order valence-electron chi connectivity index (χ1n) is 10.3. The van der Waals surface area contributed by atoms with Gasteiger partial charge in [-0.15, -0.1) is 16.4 Å². The van der Waals surface area contributed by atoms with Crippen molar-refractivity contribution in [2.75, 3.05) is 20.8 Å². The van der Waals surface area contributed by atoms with Crippen LogP contribution in [0.1, 0.15) is 22.7 Å². The average Bonchev–Trinajstić information content (AvgIpc) is 3.49. The van der Waals surface area contributed by atoms with Crippen LogP contribution < -0.4 is 15.2 Å². The molecule has 0 N–H and O–H groups in total. The molecule has 0 saturated carbocycles. The monoisotopic (exact) mass is 449 g/mol. The SMILES string of the molecule is COc1cc2c(cc1OC)[C@@H](c1ccccc1)N(Cn1nc(-c3cccs3)oc1=O)CC2. The van der Waals surface area contributed by atoms with Crippen LogP contribution in [-0.2, 0) is 13.1 Å². The number of methoxy groups -OCH3 is 2. The highest BCUT2D eigenvalue weighted by Crippen LogP contribution is 2.41. The van der Waals surface area contributed by atoms with Crippen molar-refractivity contribution < 1.29 is 13.9 Å². The summed E-state index contributed by atoms with van der Waals surface area (Å²) in [5, 5.41) is 6.39. The third-order valence-corrected chi connectivity index (χ3v) is 6.60. The van der Waals surface area contributed by atoms with E-state index in [-0.39, 0.29) is 6.04 Å². The largest absolute Gasteiger partial charge is 0.493 e. The van der Waals surface area contributed by atoms with Gasteiger partial charge in [0, 0.05) is 6.54 Å². The number of rotatable bonds is 6. The first kappa shape index (κ1) is 20.5. The molecule has 1 aliphatic rings. The number of hydrogen-bond acceptors (Lipinski definition) is 7. The minimum atomic E-state index is -0.460. The molecule has 0 bridgehead atoms. The van der Waals surface area contributed by atoms with E-state index >= 15 is 0 Å². The summed E-state index contributed by atoms with van der Waals surface area (Å²) in [6.45, 7) is 1.08. The van der Waals surface area contributed by atoms with Crippen LogP contribution in [0.25, 0.3) is 10.8 Å².